The van der Waals surface area contributed by atoms with Crippen LogP contribution in [0.3, 0.4) is 0 Å². The van der Waals surface area contributed by atoms with E-state index < -0.39 is 5.97 Å². The molecule has 0 unspecified atom stereocenters. The number of nitrogens with zero attached hydrogens (tertiary/aromatic N) is 2. The summed E-state index contributed by atoms with van der Waals surface area (Å²) in [5.74, 6) is 1.17. The van der Waals surface area contributed by atoms with E-state index in [0.29, 0.717) is 19.2 Å². The lowest BCUT2D eigenvalue weighted by molar-refractivity contribution is 0.0519. The molecule has 0 saturated carbocycles. The van der Waals surface area contributed by atoms with Gasteiger partial charge in [0.1, 0.15) is 17.8 Å². The second-order valence-electron chi connectivity index (χ2n) is 4.10. The monoisotopic (exact) mass is 264 g/mol. The topological polar surface area (TPSA) is 68.7 Å². The average molecular weight is 264 g/mol. The number of furan rings is 1. The minimum atomic E-state index is -0.486. The molecule has 19 heavy (non-hydrogen) atoms. The molecular formula is C13H16N2O4. The number of aromatic nitrogens is 1. The van der Waals surface area contributed by atoms with Crippen molar-refractivity contribution in [3.8, 4) is 0 Å². The van der Waals surface area contributed by atoms with Crippen LogP contribution in [-0.4, -0.2) is 24.6 Å². The number of carbonyl (C=O) groups excluding carboxylic acids is 1. The van der Waals surface area contributed by atoms with Crippen molar-refractivity contribution in [3.63, 3.8) is 0 Å². The lowest BCUT2D eigenvalue weighted by atomic mass is 10.4. The van der Waals surface area contributed by atoms with Gasteiger partial charge in [-0.3, -0.25) is 0 Å². The summed E-state index contributed by atoms with van der Waals surface area (Å²) in [5, 5.41) is 0. The molecule has 0 N–H and O–H groups in total. The lowest BCUT2D eigenvalue weighted by Crippen LogP contribution is -2.16. The van der Waals surface area contributed by atoms with E-state index in [1.807, 2.05) is 19.1 Å². The molecule has 0 aromatic carbocycles. The van der Waals surface area contributed by atoms with Crippen LogP contribution in [-0.2, 0) is 11.3 Å². The smallest absolute Gasteiger partial charge is 0.360 e. The number of ether oxygens (including phenoxy) is 1. The number of aryl methyl sites for hydroxylation is 1. The van der Waals surface area contributed by atoms with Crippen LogP contribution in [0.1, 0.15) is 28.9 Å². The van der Waals surface area contributed by atoms with E-state index in [9.17, 15) is 4.79 Å². The van der Waals surface area contributed by atoms with Gasteiger partial charge in [-0.2, -0.15) is 4.98 Å². The Labute approximate surface area is 111 Å². The Bertz CT molecular complexity index is 558. The average Bonchev–Trinajstić information content (AvgIpc) is 2.98. The zero-order chi connectivity index (χ0) is 13.8. The van der Waals surface area contributed by atoms with Gasteiger partial charge in [0.15, 0.2) is 5.69 Å². The van der Waals surface area contributed by atoms with Crippen molar-refractivity contribution >= 4 is 12.0 Å². The molecule has 2 aromatic rings. The fourth-order valence-corrected chi connectivity index (χ4v) is 1.61. The Kier molecular flexibility index (Phi) is 3.89. The fraction of sp³-hybridized carbons (Fsp3) is 0.385. The minimum absolute atomic E-state index is 0.166. The number of anilines is 1. The van der Waals surface area contributed by atoms with Crippen molar-refractivity contribution in [2.75, 3.05) is 18.6 Å². The van der Waals surface area contributed by atoms with E-state index in [4.69, 9.17) is 13.6 Å². The van der Waals surface area contributed by atoms with Gasteiger partial charge < -0.3 is 18.5 Å². The highest BCUT2D eigenvalue weighted by atomic mass is 16.5. The summed E-state index contributed by atoms with van der Waals surface area (Å²) >= 11 is 0. The number of hydrogen-bond donors (Lipinski definition) is 0. The largest absolute Gasteiger partial charge is 0.464 e. The lowest BCUT2D eigenvalue weighted by Gasteiger charge is -2.11. The first kappa shape index (κ1) is 13.2. The molecule has 0 radical (unpaired) electrons. The highest BCUT2D eigenvalue weighted by Crippen LogP contribution is 2.16. The summed E-state index contributed by atoms with van der Waals surface area (Å²) in [7, 11) is 1.80. The molecule has 0 bridgehead atoms. The molecule has 6 heteroatoms. The molecule has 0 spiro atoms. The summed E-state index contributed by atoms with van der Waals surface area (Å²) in [5.41, 5.74) is 0.166. The molecular weight excluding hydrogens is 248 g/mol. The summed E-state index contributed by atoms with van der Waals surface area (Å²) in [4.78, 5) is 17.3. The van der Waals surface area contributed by atoms with Crippen LogP contribution < -0.4 is 4.90 Å². The number of hydrogen-bond acceptors (Lipinski definition) is 6. The molecule has 0 aliphatic carbocycles. The van der Waals surface area contributed by atoms with Gasteiger partial charge in [-0.05, 0) is 26.0 Å². The first-order valence-electron chi connectivity index (χ1n) is 5.99. The van der Waals surface area contributed by atoms with Crippen LogP contribution >= 0.6 is 0 Å². The predicted molar refractivity (Wildman–Crippen MR) is 68.0 cm³/mol. The third kappa shape index (κ3) is 3.15. The zero-order valence-electron chi connectivity index (χ0n) is 11.2. The second kappa shape index (κ2) is 5.60. The first-order chi connectivity index (χ1) is 9.10. The van der Waals surface area contributed by atoms with Gasteiger partial charge in [0.05, 0.1) is 13.2 Å². The van der Waals surface area contributed by atoms with Gasteiger partial charge in [-0.25, -0.2) is 4.79 Å². The maximum absolute atomic E-state index is 11.5. The van der Waals surface area contributed by atoms with Crippen LogP contribution in [0.15, 0.2) is 27.2 Å². The van der Waals surface area contributed by atoms with Crippen molar-refractivity contribution in [3.05, 3.63) is 35.6 Å². The summed E-state index contributed by atoms with van der Waals surface area (Å²) < 4.78 is 15.6. The molecule has 0 amide bonds. The summed E-state index contributed by atoms with van der Waals surface area (Å²) in [6.45, 7) is 4.44. The summed E-state index contributed by atoms with van der Waals surface area (Å²) in [6, 6.07) is 4.13. The minimum Gasteiger partial charge on any atom is -0.464 e. The van der Waals surface area contributed by atoms with E-state index >= 15 is 0 Å². The standard InChI is InChI=1S/C13H16N2O4/c1-4-17-12(16)11-8-18-13(14-11)15(3)7-10-6-5-9(2)19-10/h5-6,8H,4,7H2,1-3H3. The number of oxazole rings is 1. The van der Waals surface area contributed by atoms with Crippen LogP contribution in [0.5, 0.6) is 0 Å². The van der Waals surface area contributed by atoms with E-state index in [1.165, 1.54) is 6.26 Å². The van der Waals surface area contributed by atoms with Gasteiger partial charge >= 0.3 is 5.97 Å². The Morgan fingerprint density at radius 1 is 1.47 bits per heavy atom. The molecule has 0 atom stereocenters. The van der Waals surface area contributed by atoms with Gasteiger partial charge in [-0.1, -0.05) is 0 Å². The third-order valence-corrected chi connectivity index (χ3v) is 2.49. The molecule has 102 valence electrons. The molecule has 2 rings (SSSR count). The Balaban J connectivity index is 2.03. The number of rotatable bonds is 5. The maximum atomic E-state index is 11.5. The van der Waals surface area contributed by atoms with Gasteiger partial charge in [0.25, 0.3) is 6.01 Å². The Morgan fingerprint density at radius 3 is 2.89 bits per heavy atom. The summed E-state index contributed by atoms with van der Waals surface area (Å²) in [6.07, 6.45) is 1.29. The first-order valence-corrected chi connectivity index (χ1v) is 5.99. The Hall–Kier alpha value is -2.24. The molecule has 0 aliphatic rings. The molecule has 2 heterocycles. The second-order valence-corrected chi connectivity index (χ2v) is 4.10. The quantitative estimate of drug-likeness (QED) is 0.772. The van der Waals surface area contributed by atoms with E-state index in [1.54, 1.807) is 18.9 Å². The normalized spacial score (nSPS) is 10.5. The molecule has 0 aliphatic heterocycles. The highest BCUT2D eigenvalue weighted by molar-refractivity contribution is 5.87. The molecule has 6 nitrogen and oxygen atoms in total. The van der Waals surface area contributed by atoms with Crippen molar-refractivity contribution in [1.29, 1.82) is 0 Å². The predicted octanol–water partition coefficient (Wildman–Crippen LogP) is 2.39. The van der Waals surface area contributed by atoms with E-state index in [0.717, 1.165) is 11.5 Å². The number of esters is 1. The molecule has 0 saturated heterocycles. The van der Waals surface area contributed by atoms with E-state index in [2.05, 4.69) is 4.98 Å². The third-order valence-electron chi connectivity index (χ3n) is 2.49. The van der Waals surface area contributed by atoms with Crippen molar-refractivity contribution < 1.29 is 18.4 Å². The van der Waals surface area contributed by atoms with Gasteiger partial charge in [0, 0.05) is 7.05 Å². The van der Waals surface area contributed by atoms with Crippen LogP contribution in [0.25, 0.3) is 0 Å². The van der Waals surface area contributed by atoms with Crippen molar-refractivity contribution in [1.82, 2.24) is 4.98 Å². The van der Waals surface area contributed by atoms with Crippen LogP contribution in [0.4, 0.5) is 6.01 Å². The van der Waals surface area contributed by atoms with Gasteiger partial charge in [-0.15, -0.1) is 0 Å². The van der Waals surface area contributed by atoms with Crippen molar-refractivity contribution in [2.24, 2.45) is 0 Å². The Morgan fingerprint density at radius 2 is 2.26 bits per heavy atom. The van der Waals surface area contributed by atoms with Gasteiger partial charge in [0.2, 0.25) is 0 Å². The highest BCUT2D eigenvalue weighted by Gasteiger charge is 2.16. The van der Waals surface area contributed by atoms with Crippen LogP contribution in [0, 0.1) is 6.92 Å². The maximum Gasteiger partial charge on any atom is 0.360 e. The molecule has 0 fully saturated rings. The fourth-order valence-electron chi connectivity index (χ4n) is 1.61. The van der Waals surface area contributed by atoms with Crippen LogP contribution in [0.2, 0.25) is 0 Å². The van der Waals surface area contributed by atoms with E-state index in [-0.39, 0.29) is 5.69 Å². The zero-order valence-corrected chi connectivity index (χ0v) is 11.2. The molecule has 2 aromatic heterocycles. The SMILES string of the molecule is CCOC(=O)c1coc(N(C)Cc2ccc(C)o2)n1. The number of carbonyl (C=O) groups is 1. The van der Waals surface area contributed by atoms with Crippen molar-refractivity contribution in [2.45, 2.75) is 20.4 Å².